The maximum Gasteiger partial charge on any atom is 0.0418 e. The third-order valence-corrected chi connectivity index (χ3v) is 3.70. The van der Waals surface area contributed by atoms with E-state index in [0.29, 0.717) is 0 Å². The van der Waals surface area contributed by atoms with Crippen molar-refractivity contribution in [3.63, 3.8) is 0 Å². The third kappa shape index (κ3) is 2.65. The van der Waals surface area contributed by atoms with Gasteiger partial charge in [-0.15, -0.1) is 11.6 Å². The zero-order valence-electron chi connectivity index (χ0n) is 8.57. The van der Waals surface area contributed by atoms with Crippen molar-refractivity contribution in [2.75, 3.05) is 0 Å². The van der Waals surface area contributed by atoms with Crippen LogP contribution in [0.3, 0.4) is 0 Å². The standard InChI is InChI=1S/C11H21Cl/c1-4-9-5-7-10(8-6-9)11(2,3)12/h9-10H,4-8H2,1-3H3. The second-order valence-corrected chi connectivity index (χ2v) is 5.66. The molecule has 0 unspecified atom stereocenters. The van der Waals surface area contributed by atoms with E-state index in [1.807, 2.05) is 0 Å². The van der Waals surface area contributed by atoms with Crippen molar-refractivity contribution in [1.29, 1.82) is 0 Å². The number of alkyl halides is 1. The number of hydrogen-bond donors (Lipinski definition) is 0. The van der Waals surface area contributed by atoms with Crippen molar-refractivity contribution >= 4 is 11.6 Å². The lowest BCUT2D eigenvalue weighted by molar-refractivity contribution is 0.234. The molecule has 12 heavy (non-hydrogen) atoms. The zero-order valence-corrected chi connectivity index (χ0v) is 9.32. The van der Waals surface area contributed by atoms with Crippen LogP contribution in [0.25, 0.3) is 0 Å². The van der Waals surface area contributed by atoms with Gasteiger partial charge in [0, 0.05) is 4.87 Å². The molecule has 0 aromatic rings. The Kier molecular flexibility index (Phi) is 3.46. The summed E-state index contributed by atoms with van der Waals surface area (Å²) in [7, 11) is 0. The van der Waals surface area contributed by atoms with Gasteiger partial charge in [-0.05, 0) is 38.5 Å². The third-order valence-electron chi connectivity index (χ3n) is 3.39. The van der Waals surface area contributed by atoms with Crippen LogP contribution in [0.4, 0.5) is 0 Å². The van der Waals surface area contributed by atoms with Gasteiger partial charge in [-0.3, -0.25) is 0 Å². The topological polar surface area (TPSA) is 0 Å². The molecule has 0 aliphatic heterocycles. The van der Waals surface area contributed by atoms with Crippen LogP contribution in [0.2, 0.25) is 0 Å². The summed E-state index contributed by atoms with van der Waals surface area (Å²) in [5.41, 5.74) is 0. The molecule has 0 saturated heterocycles. The maximum absolute atomic E-state index is 6.30. The van der Waals surface area contributed by atoms with Gasteiger partial charge in [0.2, 0.25) is 0 Å². The lowest BCUT2D eigenvalue weighted by Gasteiger charge is -2.35. The van der Waals surface area contributed by atoms with Gasteiger partial charge in [-0.1, -0.05) is 26.2 Å². The maximum atomic E-state index is 6.30. The fourth-order valence-electron chi connectivity index (χ4n) is 2.26. The minimum atomic E-state index is 0.0265. The van der Waals surface area contributed by atoms with Gasteiger partial charge in [0.05, 0.1) is 0 Å². The van der Waals surface area contributed by atoms with Crippen molar-refractivity contribution in [3.8, 4) is 0 Å². The Morgan fingerprint density at radius 1 is 1.17 bits per heavy atom. The molecule has 1 rings (SSSR count). The smallest absolute Gasteiger partial charge is 0.0418 e. The molecule has 1 aliphatic carbocycles. The van der Waals surface area contributed by atoms with E-state index in [-0.39, 0.29) is 4.87 Å². The van der Waals surface area contributed by atoms with E-state index in [0.717, 1.165) is 11.8 Å². The Hall–Kier alpha value is 0.290. The number of halogens is 1. The molecule has 0 amide bonds. The highest BCUT2D eigenvalue weighted by Crippen LogP contribution is 2.39. The first kappa shape index (κ1) is 10.4. The minimum Gasteiger partial charge on any atom is -0.120 e. The molecule has 1 saturated carbocycles. The Bertz CT molecular complexity index is 126. The SMILES string of the molecule is CCC1CCC(C(C)(C)Cl)CC1. The molecule has 0 atom stereocenters. The van der Waals surface area contributed by atoms with E-state index in [4.69, 9.17) is 11.6 Å². The Morgan fingerprint density at radius 2 is 1.67 bits per heavy atom. The van der Waals surface area contributed by atoms with Crippen LogP contribution in [0.15, 0.2) is 0 Å². The van der Waals surface area contributed by atoms with Crippen molar-refractivity contribution in [1.82, 2.24) is 0 Å². The highest BCUT2D eigenvalue weighted by molar-refractivity contribution is 6.23. The number of rotatable bonds is 2. The molecule has 0 nitrogen and oxygen atoms in total. The average molecular weight is 189 g/mol. The van der Waals surface area contributed by atoms with E-state index < -0.39 is 0 Å². The molecule has 72 valence electrons. The first-order valence-electron chi connectivity index (χ1n) is 5.23. The Morgan fingerprint density at radius 3 is 2.00 bits per heavy atom. The van der Waals surface area contributed by atoms with Crippen LogP contribution in [0.5, 0.6) is 0 Å². The van der Waals surface area contributed by atoms with Gasteiger partial charge >= 0.3 is 0 Å². The van der Waals surface area contributed by atoms with Gasteiger partial charge in [0.25, 0.3) is 0 Å². The zero-order chi connectivity index (χ0) is 9.19. The van der Waals surface area contributed by atoms with Crippen LogP contribution in [0.1, 0.15) is 52.9 Å². The van der Waals surface area contributed by atoms with Crippen molar-refractivity contribution in [3.05, 3.63) is 0 Å². The van der Waals surface area contributed by atoms with Gasteiger partial charge in [0.15, 0.2) is 0 Å². The monoisotopic (exact) mass is 188 g/mol. The first-order valence-corrected chi connectivity index (χ1v) is 5.60. The van der Waals surface area contributed by atoms with Crippen molar-refractivity contribution in [2.45, 2.75) is 57.7 Å². The average Bonchev–Trinajstić information content (AvgIpc) is 2.03. The lowest BCUT2D eigenvalue weighted by Crippen LogP contribution is -2.28. The summed E-state index contributed by atoms with van der Waals surface area (Å²) in [6.07, 6.45) is 6.84. The van der Waals surface area contributed by atoms with Crippen LogP contribution < -0.4 is 0 Å². The minimum absolute atomic E-state index is 0.0265. The van der Waals surface area contributed by atoms with E-state index in [2.05, 4.69) is 20.8 Å². The predicted molar refractivity (Wildman–Crippen MR) is 55.7 cm³/mol. The van der Waals surface area contributed by atoms with Gasteiger partial charge in [-0.25, -0.2) is 0 Å². The summed E-state index contributed by atoms with van der Waals surface area (Å²) in [6, 6.07) is 0. The molecular formula is C11H21Cl. The highest BCUT2D eigenvalue weighted by Gasteiger charge is 2.30. The summed E-state index contributed by atoms with van der Waals surface area (Å²) in [6.45, 7) is 6.62. The summed E-state index contributed by atoms with van der Waals surface area (Å²) in [4.78, 5) is 0.0265. The van der Waals surface area contributed by atoms with E-state index >= 15 is 0 Å². The fourth-order valence-corrected chi connectivity index (χ4v) is 2.48. The Balaban J connectivity index is 2.36. The lowest BCUT2D eigenvalue weighted by atomic mass is 9.76. The van der Waals surface area contributed by atoms with E-state index in [1.165, 1.54) is 32.1 Å². The first-order chi connectivity index (χ1) is 5.54. The van der Waals surface area contributed by atoms with E-state index in [1.54, 1.807) is 0 Å². The van der Waals surface area contributed by atoms with Crippen LogP contribution in [0, 0.1) is 11.8 Å². The molecule has 0 aromatic heterocycles. The van der Waals surface area contributed by atoms with Gasteiger partial charge in [-0.2, -0.15) is 0 Å². The quantitative estimate of drug-likeness (QED) is 0.570. The molecule has 0 radical (unpaired) electrons. The summed E-state index contributed by atoms with van der Waals surface area (Å²) >= 11 is 6.30. The Labute approximate surface area is 81.7 Å². The molecular weight excluding hydrogens is 168 g/mol. The van der Waals surface area contributed by atoms with Crippen molar-refractivity contribution in [2.24, 2.45) is 11.8 Å². The molecule has 1 fully saturated rings. The molecule has 0 N–H and O–H groups in total. The van der Waals surface area contributed by atoms with Gasteiger partial charge in [0.1, 0.15) is 0 Å². The molecule has 1 aliphatic rings. The largest absolute Gasteiger partial charge is 0.120 e. The highest BCUT2D eigenvalue weighted by atomic mass is 35.5. The van der Waals surface area contributed by atoms with Crippen LogP contribution >= 0.6 is 11.6 Å². The molecule has 1 heteroatoms. The molecule has 0 aromatic carbocycles. The normalized spacial score (nSPS) is 32.0. The van der Waals surface area contributed by atoms with Crippen LogP contribution in [-0.2, 0) is 0 Å². The summed E-state index contributed by atoms with van der Waals surface area (Å²) in [5, 5.41) is 0. The molecule has 0 spiro atoms. The van der Waals surface area contributed by atoms with Gasteiger partial charge < -0.3 is 0 Å². The van der Waals surface area contributed by atoms with Crippen molar-refractivity contribution < 1.29 is 0 Å². The predicted octanol–water partition coefficient (Wildman–Crippen LogP) is 4.22. The van der Waals surface area contributed by atoms with Crippen LogP contribution in [-0.4, -0.2) is 4.87 Å². The molecule has 0 bridgehead atoms. The second-order valence-electron chi connectivity index (χ2n) is 4.69. The van der Waals surface area contributed by atoms with E-state index in [9.17, 15) is 0 Å². The molecule has 0 heterocycles. The fraction of sp³-hybridized carbons (Fsp3) is 1.00. The second kappa shape index (κ2) is 4.00. The number of hydrogen-bond acceptors (Lipinski definition) is 0. The summed E-state index contributed by atoms with van der Waals surface area (Å²) < 4.78 is 0. The summed E-state index contributed by atoms with van der Waals surface area (Å²) in [5.74, 6) is 1.74.